The molecule has 7 rings (SSSR count). The van der Waals surface area contributed by atoms with Crippen molar-refractivity contribution in [1.82, 2.24) is 14.3 Å². The first-order chi connectivity index (χ1) is 23.9. The van der Waals surface area contributed by atoms with Gasteiger partial charge in [0.15, 0.2) is 0 Å². The van der Waals surface area contributed by atoms with Crippen molar-refractivity contribution in [2.45, 2.75) is 53.5 Å². The minimum Gasteiger partial charge on any atom is -0.494 e. The van der Waals surface area contributed by atoms with Crippen LogP contribution >= 0.6 is 23.2 Å². The van der Waals surface area contributed by atoms with Crippen LogP contribution in [0.5, 0.6) is 5.75 Å². The van der Waals surface area contributed by atoms with Crippen molar-refractivity contribution in [3.05, 3.63) is 110 Å². The number of halogens is 2. The molecule has 3 heterocycles. The lowest BCUT2D eigenvalue weighted by molar-refractivity contribution is 0.0697. The number of aryl methyl sites for hydroxylation is 5. The Labute approximate surface area is 300 Å². The van der Waals surface area contributed by atoms with Gasteiger partial charge in [-0.25, -0.2) is 4.79 Å². The summed E-state index contributed by atoms with van der Waals surface area (Å²) in [6.07, 6.45) is 1.18. The molecule has 1 N–H and O–H groups in total. The highest BCUT2D eigenvalue weighted by molar-refractivity contribution is 6.35. The van der Waals surface area contributed by atoms with Gasteiger partial charge in [0.2, 0.25) is 0 Å². The van der Waals surface area contributed by atoms with Crippen molar-refractivity contribution >= 4 is 62.4 Å². The topological polar surface area (TPSA) is 89.6 Å². The number of carboxylic acids is 1. The van der Waals surface area contributed by atoms with E-state index in [0.29, 0.717) is 41.2 Å². The maximum Gasteiger partial charge on any atom is 0.337 e. The number of amides is 1. The summed E-state index contributed by atoms with van der Waals surface area (Å²) in [5.74, 6) is -0.587. The molecule has 1 aliphatic heterocycles. The fourth-order valence-corrected chi connectivity index (χ4v) is 8.00. The molecule has 10 heteroatoms. The van der Waals surface area contributed by atoms with Crippen LogP contribution in [0.25, 0.3) is 32.8 Å². The van der Waals surface area contributed by atoms with Gasteiger partial charge in [-0.15, -0.1) is 0 Å². The number of aromatic nitrogens is 3. The summed E-state index contributed by atoms with van der Waals surface area (Å²) < 4.78 is 10.2. The second-order valence-corrected chi connectivity index (χ2v) is 14.0. The lowest BCUT2D eigenvalue weighted by Crippen LogP contribution is -2.43. The number of carbonyl (C=O) groups is 2. The summed E-state index contributed by atoms with van der Waals surface area (Å²) in [5.41, 5.74) is 8.28. The van der Waals surface area contributed by atoms with Gasteiger partial charge in [-0.1, -0.05) is 59.6 Å². The predicted molar refractivity (Wildman–Crippen MR) is 201 cm³/mol. The van der Waals surface area contributed by atoms with Gasteiger partial charge < -0.3 is 19.3 Å². The minimum absolute atomic E-state index is 0.0858. The Kier molecular flexibility index (Phi) is 8.65. The van der Waals surface area contributed by atoms with E-state index in [1.165, 1.54) is 0 Å². The maximum absolute atomic E-state index is 15.0. The van der Waals surface area contributed by atoms with Crippen molar-refractivity contribution < 1.29 is 19.4 Å². The summed E-state index contributed by atoms with van der Waals surface area (Å²) in [4.78, 5) is 29.3. The van der Waals surface area contributed by atoms with Gasteiger partial charge in [0, 0.05) is 52.3 Å². The third-order valence-corrected chi connectivity index (χ3v) is 10.9. The summed E-state index contributed by atoms with van der Waals surface area (Å²) in [7, 11) is 1.91. The second-order valence-electron chi connectivity index (χ2n) is 13.3. The number of aromatic carboxylic acids is 1. The normalized spacial score (nSPS) is 14.5. The molecule has 0 spiro atoms. The van der Waals surface area contributed by atoms with Crippen LogP contribution in [0, 0.1) is 27.7 Å². The number of hydrogen-bond donors (Lipinski definition) is 1. The summed E-state index contributed by atoms with van der Waals surface area (Å²) in [6.45, 7) is 10.7. The number of nitrogens with zero attached hydrogens (tertiary/aromatic N) is 4. The van der Waals surface area contributed by atoms with Gasteiger partial charge in [-0.3, -0.25) is 9.48 Å². The quantitative estimate of drug-likeness (QED) is 0.159. The van der Waals surface area contributed by atoms with E-state index >= 15 is 4.79 Å². The average molecular weight is 710 g/mol. The molecule has 1 unspecified atom stereocenters. The smallest absolute Gasteiger partial charge is 0.337 e. The molecule has 0 fully saturated rings. The highest BCUT2D eigenvalue weighted by Crippen LogP contribution is 2.46. The van der Waals surface area contributed by atoms with E-state index in [2.05, 4.69) is 11.5 Å². The first-order valence-electron chi connectivity index (χ1n) is 16.7. The van der Waals surface area contributed by atoms with Crippen LogP contribution in [0.3, 0.4) is 0 Å². The summed E-state index contributed by atoms with van der Waals surface area (Å²) in [6, 6.07) is 18.5. The van der Waals surface area contributed by atoms with Crippen molar-refractivity contribution in [1.29, 1.82) is 0 Å². The van der Waals surface area contributed by atoms with Gasteiger partial charge >= 0.3 is 5.97 Å². The second kappa shape index (κ2) is 12.8. The Bertz CT molecular complexity index is 2350. The molecule has 1 aliphatic rings. The minimum atomic E-state index is -1.08. The van der Waals surface area contributed by atoms with Crippen LogP contribution in [0.4, 0.5) is 5.69 Å². The Morgan fingerprint density at radius 1 is 0.980 bits per heavy atom. The standard InChI is InChI=1S/C40H38Cl2N4O4/c1-21-18-27(19-22(2)35(21)42)50-17-9-12-29-30-15-16-32(41)34(33-24(4)43-44(6)25(33)5)37(30)46-23(3)20-45(39(47)38(29)46)36-28-11-8-7-10-26(28)13-14-31(36)40(48)49/h7-8,10-11,13-16,18-19,23H,9,12,17,20H2,1-6H3,(H,48,49). The van der Waals surface area contributed by atoms with Crippen LogP contribution in [0.15, 0.2) is 60.7 Å². The van der Waals surface area contributed by atoms with Crippen LogP contribution in [-0.2, 0) is 13.5 Å². The third kappa shape index (κ3) is 5.42. The summed E-state index contributed by atoms with van der Waals surface area (Å²) >= 11 is 13.5. The highest BCUT2D eigenvalue weighted by atomic mass is 35.5. The number of fused-ring (bicyclic) bond motifs is 4. The third-order valence-electron chi connectivity index (χ3n) is 9.96. The number of carbonyl (C=O) groups excluding carboxylic acids is 1. The SMILES string of the molecule is Cc1cc(OCCCc2c3n(c4c(-c5c(C)nn(C)c5C)c(Cl)ccc24)C(C)CN(c2c(C(=O)O)ccc4ccccc24)C3=O)cc(C)c1Cl. The van der Waals surface area contributed by atoms with E-state index in [4.69, 9.17) is 33.0 Å². The molecular weight excluding hydrogens is 671 g/mol. The predicted octanol–water partition coefficient (Wildman–Crippen LogP) is 9.67. The van der Waals surface area contributed by atoms with E-state index in [0.717, 1.165) is 66.3 Å². The van der Waals surface area contributed by atoms with Gasteiger partial charge in [-0.05, 0) is 93.8 Å². The number of ether oxygens (including phenoxy) is 1. The van der Waals surface area contributed by atoms with E-state index in [1.54, 1.807) is 17.0 Å². The van der Waals surface area contributed by atoms with Gasteiger partial charge in [0.1, 0.15) is 11.4 Å². The number of anilines is 1. The molecule has 1 atom stereocenters. The molecule has 0 aliphatic carbocycles. The largest absolute Gasteiger partial charge is 0.494 e. The number of hydrogen-bond acceptors (Lipinski definition) is 4. The zero-order valence-corrected chi connectivity index (χ0v) is 30.4. The first-order valence-corrected chi connectivity index (χ1v) is 17.5. The molecule has 4 aromatic carbocycles. The fourth-order valence-electron chi connectivity index (χ4n) is 7.64. The molecule has 1 amide bonds. The molecule has 6 aromatic rings. The molecule has 50 heavy (non-hydrogen) atoms. The Morgan fingerprint density at radius 3 is 2.38 bits per heavy atom. The van der Waals surface area contributed by atoms with Crippen molar-refractivity contribution in [2.24, 2.45) is 7.05 Å². The fraction of sp³-hybridized carbons (Fsp3) is 0.275. The zero-order chi connectivity index (χ0) is 35.6. The highest BCUT2D eigenvalue weighted by Gasteiger charge is 2.38. The van der Waals surface area contributed by atoms with Crippen LogP contribution in [0.1, 0.15) is 68.3 Å². The summed E-state index contributed by atoms with van der Waals surface area (Å²) in [5, 5.41) is 18.8. The van der Waals surface area contributed by atoms with Crippen molar-refractivity contribution in [3.63, 3.8) is 0 Å². The molecular formula is C40H38Cl2N4O4. The maximum atomic E-state index is 15.0. The number of carboxylic acid groups (broad SMARTS) is 1. The number of benzene rings is 4. The molecule has 0 bridgehead atoms. The van der Waals surface area contributed by atoms with E-state index in [1.807, 2.05) is 88.0 Å². The van der Waals surface area contributed by atoms with Crippen LogP contribution in [-0.4, -0.2) is 44.5 Å². The van der Waals surface area contributed by atoms with Crippen LogP contribution < -0.4 is 9.64 Å². The molecule has 8 nitrogen and oxygen atoms in total. The van der Waals surface area contributed by atoms with E-state index in [9.17, 15) is 9.90 Å². The first kappa shape index (κ1) is 33.7. The van der Waals surface area contributed by atoms with E-state index < -0.39 is 5.97 Å². The molecule has 0 radical (unpaired) electrons. The molecule has 0 saturated carbocycles. The van der Waals surface area contributed by atoms with Crippen molar-refractivity contribution in [2.75, 3.05) is 18.1 Å². The Morgan fingerprint density at radius 2 is 1.70 bits per heavy atom. The van der Waals surface area contributed by atoms with E-state index in [-0.39, 0.29) is 24.1 Å². The van der Waals surface area contributed by atoms with Crippen molar-refractivity contribution in [3.8, 4) is 16.9 Å². The molecule has 256 valence electrons. The molecule has 0 saturated heterocycles. The lowest BCUT2D eigenvalue weighted by Gasteiger charge is -2.35. The average Bonchev–Trinajstić information content (AvgIpc) is 3.55. The van der Waals surface area contributed by atoms with Gasteiger partial charge in [0.05, 0.1) is 34.1 Å². The molecule has 2 aromatic heterocycles. The lowest BCUT2D eigenvalue weighted by atomic mass is 9.98. The zero-order valence-electron chi connectivity index (χ0n) is 28.9. The monoisotopic (exact) mass is 708 g/mol. The van der Waals surface area contributed by atoms with Gasteiger partial charge in [-0.2, -0.15) is 5.10 Å². The number of rotatable bonds is 8. The van der Waals surface area contributed by atoms with Gasteiger partial charge in [0.25, 0.3) is 5.91 Å². The Balaban J connectivity index is 1.40. The van der Waals surface area contributed by atoms with Crippen LogP contribution in [0.2, 0.25) is 10.0 Å². The Hall–Kier alpha value is -4.79.